The van der Waals surface area contributed by atoms with Gasteiger partial charge >= 0.3 is 5.97 Å². The maximum atomic E-state index is 12.9. The Morgan fingerprint density at radius 2 is 1.69 bits per heavy atom. The topological polar surface area (TPSA) is 67.9 Å². The van der Waals surface area contributed by atoms with Crippen LogP contribution in [0.5, 0.6) is 5.75 Å². The molecule has 0 heterocycles. The Hall–Kier alpha value is -3.02. The molecule has 29 heavy (non-hydrogen) atoms. The van der Waals surface area contributed by atoms with Gasteiger partial charge in [0.15, 0.2) is 0 Å². The number of amides is 1. The van der Waals surface area contributed by atoms with E-state index < -0.39 is 5.60 Å². The molecule has 1 N–H and O–H groups in total. The second-order valence-electron chi connectivity index (χ2n) is 7.82. The number of nitrogens with one attached hydrogen (secondary N) is 1. The second-order valence-corrected chi connectivity index (χ2v) is 7.82. The van der Waals surface area contributed by atoms with Crippen LogP contribution in [0.1, 0.15) is 44.0 Å². The highest BCUT2D eigenvalue weighted by atomic mass is 16.6. The Balaban J connectivity index is 1.98. The maximum absolute atomic E-state index is 12.9. The smallest absolute Gasteiger partial charge is 0.306 e. The van der Waals surface area contributed by atoms with E-state index in [4.69, 9.17) is 9.47 Å². The summed E-state index contributed by atoms with van der Waals surface area (Å²) in [5, 5.41) is 3.28. The minimum absolute atomic E-state index is 0.106. The molecule has 0 saturated carbocycles. The number of esters is 1. The van der Waals surface area contributed by atoms with Crippen LogP contribution in [0.25, 0.3) is 0 Å². The molecule has 0 spiro atoms. The van der Waals surface area contributed by atoms with Crippen molar-refractivity contribution in [3.8, 4) is 5.75 Å². The zero-order valence-corrected chi connectivity index (χ0v) is 17.8. The Kier molecular flexibility index (Phi) is 7.65. The molecule has 0 aromatic heterocycles. The first-order chi connectivity index (χ1) is 13.7. The predicted octanol–water partition coefficient (Wildman–Crippen LogP) is 4.63. The Labute approximate surface area is 172 Å². The van der Waals surface area contributed by atoms with E-state index in [0.717, 1.165) is 17.1 Å². The molecule has 156 valence electrons. The van der Waals surface area contributed by atoms with E-state index >= 15 is 0 Å². The fraction of sp³-hybridized carbons (Fsp3) is 0.391. The van der Waals surface area contributed by atoms with Gasteiger partial charge in [-0.1, -0.05) is 12.1 Å². The van der Waals surface area contributed by atoms with Gasteiger partial charge in [0, 0.05) is 25.7 Å². The number of ether oxygens (including phenoxy) is 2. The van der Waals surface area contributed by atoms with Gasteiger partial charge in [0.25, 0.3) is 5.91 Å². The minimum Gasteiger partial charge on any atom is -0.497 e. The highest BCUT2D eigenvalue weighted by molar-refractivity contribution is 6.00. The summed E-state index contributed by atoms with van der Waals surface area (Å²) in [5.74, 6) is 0.412. The van der Waals surface area contributed by atoms with E-state index in [-0.39, 0.29) is 18.3 Å². The number of methoxy groups -OCH3 is 1. The van der Waals surface area contributed by atoms with Gasteiger partial charge in [0.2, 0.25) is 0 Å². The summed E-state index contributed by atoms with van der Waals surface area (Å²) < 4.78 is 10.5. The van der Waals surface area contributed by atoms with Gasteiger partial charge in [0.1, 0.15) is 11.4 Å². The largest absolute Gasteiger partial charge is 0.497 e. The molecule has 0 atom stereocenters. The second kappa shape index (κ2) is 9.96. The fourth-order valence-corrected chi connectivity index (χ4v) is 2.77. The van der Waals surface area contributed by atoms with Gasteiger partial charge in [0.05, 0.1) is 18.4 Å². The van der Waals surface area contributed by atoms with Crippen LogP contribution >= 0.6 is 0 Å². The molecule has 6 nitrogen and oxygen atoms in total. The molecule has 2 aromatic rings. The molecule has 0 bridgehead atoms. The Bertz CT molecular complexity index is 826. The van der Waals surface area contributed by atoms with Crippen molar-refractivity contribution in [3.63, 3.8) is 0 Å². The molecule has 2 rings (SSSR count). The summed E-state index contributed by atoms with van der Waals surface area (Å²) in [6.45, 7) is 5.99. The van der Waals surface area contributed by atoms with Crippen LogP contribution < -0.4 is 10.1 Å². The molecular formula is C23H30N2O4. The lowest BCUT2D eigenvalue weighted by atomic mass is 10.1. The van der Waals surface area contributed by atoms with Crippen LogP contribution in [-0.4, -0.2) is 43.1 Å². The number of hydrogen-bond acceptors (Lipinski definition) is 5. The van der Waals surface area contributed by atoms with E-state index in [1.165, 1.54) is 0 Å². The van der Waals surface area contributed by atoms with E-state index in [1.807, 2.05) is 63.2 Å². The summed E-state index contributed by atoms with van der Waals surface area (Å²) >= 11 is 0. The molecular weight excluding hydrogens is 368 g/mol. The number of para-hydroxylation sites is 1. The monoisotopic (exact) mass is 398 g/mol. The lowest BCUT2D eigenvalue weighted by Crippen LogP contribution is -2.29. The average Bonchev–Trinajstić information content (AvgIpc) is 2.67. The van der Waals surface area contributed by atoms with Crippen molar-refractivity contribution in [3.05, 3.63) is 54.1 Å². The SMILES string of the molecule is COc1ccc(Nc2ccccc2C(=O)N(C)CCCC(=O)OC(C)(C)C)cc1. The van der Waals surface area contributed by atoms with Crippen molar-refractivity contribution in [1.82, 2.24) is 4.90 Å². The van der Waals surface area contributed by atoms with Crippen LogP contribution in [0.15, 0.2) is 48.5 Å². The van der Waals surface area contributed by atoms with Crippen LogP contribution in [-0.2, 0) is 9.53 Å². The molecule has 0 saturated heterocycles. The normalized spacial score (nSPS) is 10.9. The van der Waals surface area contributed by atoms with Gasteiger partial charge in [-0.25, -0.2) is 0 Å². The molecule has 0 aliphatic rings. The van der Waals surface area contributed by atoms with Crippen LogP contribution in [0.4, 0.5) is 11.4 Å². The molecule has 0 aliphatic heterocycles. The summed E-state index contributed by atoms with van der Waals surface area (Å²) in [4.78, 5) is 26.4. The number of anilines is 2. The first-order valence-electron chi connectivity index (χ1n) is 9.67. The van der Waals surface area contributed by atoms with Crippen molar-refractivity contribution in [2.45, 2.75) is 39.2 Å². The molecule has 6 heteroatoms. The standard InChI is InChI=1S/C23H30N2O4/c1-23(2,3)29-21(26)11-8-16-25(4)22(27)19-9-6-7-10-20(19)24-17-12-14-18(28-5)15-13-17/h6-7,9-10,12-15,24H,8,11,16H2,1-5H3. The molecule has 1 amide bonds. The van der Waals surface area contributed by atoms with E-state index in [2.05, 4.69) is 5.32 Å². The molecule has 0 aliphatic carbocycles. The first-order valence-corrected chi connectivity index (χ1v) is 9.67. The molecule has 2 aromatic carbocycles. The van der Waals surface area contributed by atoms with E-state index in [0.29, 0.717) is 18.5 Å². The maximum Gasteiger partial charge on any atom is 0.306 e. The predicted molar refractivity (Wildman–Crippen MR) is 115 cm³/mol. The van der Waals surface area contributed by atoms with Crippen LogP contribution in [0, 0.1) is 0 Å². The number of nitrogens with zero attached hydrogens (tertiary/aromatic N) is 1. The zero-order valence-electron chi connectivity index (χ0n) is 17.8. The van der Waals surface area contributed by atoms with E-state index in [1.54, 1.807) is 25.1 Å². The highest BCUT2D eigenvalue weighted by Crippen LogP contribution is 2.24. The third kappa shape index (κ3) is 7.14. The van der Waals surface area contributed by atoms with E-state index in [9.17, 15) is 9.59 Å². The zero-order chi connectivity index (χ0) is 21.4. The number of hydrogen-bond donors (Lipinski definition) is 1. The van der Waals surface area contributed by atoms with Crippen molar-refractivity contribution in [2.24, 2.45) is 0 Å². The summed E-state index contributed by atoms with van der Waals surface area (Å²) in [7, 11) is 3.36. The lowest BCUT2D eigenvalue weighted by Gasteiger charge is -2.21. The number of rotatable bonds is 8. The Morgan fingerprint density at radius 3 is 2.31 bits per heavy atom. The fourth-order valence-electron chi connectivity index (χ4n) is 2.77. The van der Waals surface area contributed by atoms with Crippen LogP contribution in [0.3, 0.4) is 0 Å². The van der Waals surface area contributed by atoms with Crippen molar-refractivity contribution >= 4 is 23.3 Å². The minimum atomic E-state index is -0.495. The highest BCUT2D eigenvalue weighted by Gasteiger charge is 2.18. The van der Waals surface area contributed by atoms with Crippen molar-refractivity contribution < 1.29 is 19.1 Å². The number of carbonyl (C=O) groups is 2. The quantitative estimate of drug-likeness (QED) is 0.657. The average molecular weight is 399 g/mol. The third-order valence-corrected chi connectivity index (χ3v) is 4.17. The number of benzene rings is 2. The van der Waals surface area contributed by atoms with Crippen LogP contribution in [0.2, 0.25) is 0 Å². The third-order valence-electron chi connectivity index (χ3n) is 4.17. The van der Waals surface area contributed by atoms with Gasteiger partial charge in [-0.3, -0.25) is 9.59 Å². The molecule has 0 radical (unpaired) electrons. The van der Waals surface area contributed by atoms with Crippen molar-refractivity contribution in [2.75, 3.05) is 26.0 Å². The molecule has 0 fully saturated rings. The first kappa shape index (κ1) is 22.3. The summed E-state index contributed by atoms with van der Waals surface area (Å²) in [6, 6.07) is 14.9. The Morgan fingerprint density at radius 1 is 1.03 bits per heavy atom. The summed E-state index contributed by atoms with van der Waals surface area (Å²) in [6.07, 6.45) is 0.825. The number of carbonyl (C=O) groups excluding carboxylic acids is 2. The van der Waals surface area contributed by atoms with Gasteiger partial charge in [-0.2, -0.15) is 0 Å². The van der Waals surface area contributed by atoms with Gasteiger partial charge in [-0.05, 0) is 63.6 Å². The molecule has 0 unspecified atom stereocenters. The lowest BCUT2D eigenvalue weighted by molar-refractivity contribution is -0.154. The van der Waals surface area contributed by atoms with Gasteiger partial charge < -0.3 is 19.7 Å². The van der Waals surface area contributed by atoms with Crippen molar-refractivity contribution in [1.29, 1.82) is 0 Å². The summed E-state index contributed by atoms with van der Waals surface area (Å²) in [5.41, 5.74) is 1.66. The van der Waals surface area contributed by atoms with Gasteiger partial charge in [-0.15, -0.1) is 0 Å².